The molecule has 0 aliphatic carbocycles. The number of hydrogen-bond donors (Lipinski definition) is 0. The predicted octanol–water partition coefficient (Wildman–Crippen LogP) is 4.03. The van der Waals surface area contributed by atoms with E-state index in [9.17, 15) is 0 Å². The van der Waals surface area contributed by atoms with E-state index in [1.54, 1.807) is 0 Å². The molecule has 2 rings (SSSR count). The summed E-state index contributed by atoms with van der Waals surface area (Å²) in [6.45, 7) is 7.01. The van der Waals surface area contributed by atoms with E-state index >= 15 is 0 Å². The maximum absolute atomic E-state index is 4.55. The molecule has 1 aromatic heterocycles. The van der Waals surface area contributed by atoms with Crippen molar-refractivity contribution >= 4 is 27.8 Å². The quantitative estimate of drug-likeness (QED) is 0.787. The number of aliphatic imine (C=N–C) groups is 1. The summed E-state index contributed by atoms with van der Waals surface area (Å²) in [4.78, 5) is 4.55. The SMILES string of the molecule is CCn1nc(C)c(N=Cc2ccc(Br)cc2)c1C. The second kappa shape index (κ2) is 5.48. The van der Waals surface area contributed by atoms with E-state index in [2.05, 4.69) is 39.9 Å². The van der Waals surface area contributed by atoms with E-state index in [-0.39, 0.29) is 0 Å². The number of rotatable bonds is 3. The van der Waals surface area contributed by atoms with Crippen LogP contribution in [0.15, 0.2) is 33.7 Å². The molecule has 18 heavy (non-hydrogen) atoms. The van der Waals surface area contributed by atoms with Gasteiger partial charge < -0.3 is 0 Å². The van der Waals surface area contributed by atoms with E-state index in [0.717, 1.165) is 33.7 Å². The first kappa shape index (κ1) is 13.0. The Morgan fingerprint density at radius 3 is 2.50 bits per heavy atom. The minimum atomic E-state index is 0.875. The van der Waals surface area contributed by atoms with Crippen molar-refractivity contribution in [3.05, 3.63) is 45.7 Å². The highest BCUT2D eigenvalue weighted by molar-refractivity contribution is 9.10. The number of aryl methyl sites for hydroxylation is 2. The van der Waals surface area contributed by atoms with E-state index in [1.165, 1.54) is 0 Å². The van der Waals surface area contributed by atoms with E-state index in [4.69, 9.17) is 0 Å². The van der Waals surface area contributed by atoms with Gasteiger partial charge in [0.05, 0.1) is 11.4 Å². The van der Waals surface area contributed by atoms with Crippen LogP contribution in [0.25, 0.3) is 0 Å². The molecule has 4 heteroatoms. The van der Waals surface area contributed by atoms with Crippen LogP contribution in [0.5, 0.6) is 0 Å². The van der Waals surface area contributed by atoms with Crippen LogP contribution < -0.4 is 0 Å². The van der Waals surface area contributed by atoms with Crippen molar-refractivity contribution in [2.24, 2.45) is 4.99 Å². The Labute approximate surface area is 116 Å². The summed E-state index contributed by atoms with van der Waals surface area (Å²) in [7, 11) is 0. The molecule has 0 radical (unpaired) electrons. The number of halogens is 1. The van der Waals surface area contributed by atoms with Gasteiger partial charge >= 0.3 is 0 Å². The third-order valence-electron chi connectivity index (χ3n) is 2.86. The monoisotopic (exact) mass is 305 g/mol. The molecule has 0 aliphatic rings. The van der Waals surface area contributed by atoms with E-state index in [1.807, 2.05) is 42.1 Å². The molecule has 3 nitrogen and oxygen atoms in total. The van der Waals surface area contributed by atoms with Gasteiger partial charge in [0.15, 0.2) is 0 Å². The van der Waals surface area contributed by atoms with Crippen molar-refractivity contribution in [1.82, 2.24) is 9.78 Å². The average Bonchev–Trinajstić information content (AvgIpc) is 2.64. The molecule has 0 unspecified atom stereocenters. The van der Waals surface area contributed by atoms with Crippen LogP contribution in [0.3, 0.4) is 0 Å². The second-order valence-electron chi connectivity index (χ2n) is 4.14. The molecule has 0 aliphatic heterocycles. The van der Waals surface area contributed by atoms with Gasteiger partial charge in [-0.3, -0.25) is 9.67 Å². The van der Waals surface area contributed by atoms with Crippen LogP contribution >= 0.6 is 15.9 Å². The second-order valence-corrected chi connectivity index (χ2v) is 5.06. The molecule has 0 N–H and O–H groups in total. The predicted molar refractivity (Wildman–Crippen MR) is 78.8 cm³/mol. The van der Waals surface area contributed by atoms with Crippen molar-refractivity contribution in [1.29, 1.82) is 0 Å². The molecule has 0 spiro atoms. The lowest BCUT2D eigenvalue weighted by Crippen LogP contribution is -1.98. The summed E-state index contributed by atoms with van der Waals surface area (Å²) in [5.41, 5.74) is 4.15. The standard InChI is InChI=1S/C14H16BrN3/c1-4-18-11(3)14(10(2)17-18)16-9-12-5-7-13(15)8-6-12/h5-9H,4H2,1-3H3. The van der Waals surface area contributed by atoms with Gasteiger partial charge in [-0.1, -0.05) is 28.1 Å². The lowest BCUT2D eigenvalue weighted by Gasteiger charge is -1.98. The van der Waals surface area contributed by atoms with Gasteiger partial charge in [0.25, 0.3) is 0 Å². The zero-order valence-electron chi connectivity index (χ0n) is 10.8. The van der Waals surface area contributed by atoms with Gasteiger partial charge in [0.1, 0.15) is 5.69 Å². The smallest absolute Gasteiger partial charge is 0.107 e. The number of hydrogen-bond acceptors (Lipinski definition) is 2. The highest BCUT2D eigenvalue weighted by Gasteiger charge is 2.08. The summed E-state index contributed by atoms with van der Waals surface area (Å²) < 4.78 is 3.05. The molecule has 0 saturated heterocycles. The largest absolute Gasteiger partial charge is 0.268 e. The van der Waals surface area contributed by atoms with Gasteiger partial charge in [-0.15, -0.1) is 0 Å². The number of aromatic nitrogens is 2. The Kier molecular flexibility index (Phi) is 3.97. The summed E-state index contributed by atoms with van der Waals surface area (Å²) in [5.74, 6) is 0. The third kappa shape index (κ3) is 2.70. The first-order chi connectivity index (χ1) is 8.61. The van der Waals surface area contributed by atoms with Crippen LogP contribution in [0.2, 0.25) is 0 Å². The van der Waals surface area contributed by atoms with Crippen molar-refractivity contribution < 1.29 is 0 Å². The van der Waals surface area contributed by atoms with Gasteiger partial charge in [-0.25, -0.2) is 0 Å². The Morgan fingerprint density at radius 1 is 1.28 bits per heavy atom. The first-order valence-electron chi connectivity index (χ1n) is 5.95. The average molecular weight is 306 g/mol. The molecule has 0 amide bonds. The minimum absolute atomic E-state index is 0.875. The lowest BCUT2D eigenvalue weighted by molar-refractivity contribution is 0.634. The fraction of sp³-hybridized carbons (Fsp3) is 0.286. The van der Waals surface area contributed by atoms with Crippen LogP contribution in [-0.4, -0.2) is 16.0 Å². The van der Waals surface area contributed by atoms with Crippen molar-refractivity contribution in [3.63, 3.8) is 0 Å². The topological polar surface area (TPSA) is 30.2 Å². The zero-order chi connectivity index (χ0) is 13.1. The van der Waals surface area contributed by atoms with Crippen LogP contribution in [0, 0.1) is 13.8 Å². The summed E-state index contributed by atoms with van der Waals surface area (Å²) in [6, 6.07) is 8.08. The Bertz CT molecular complexity index is 567. The molecule has 94 valence electrons. The molecule has 2 aromatic rings. The van der Waals surface area contributed by atoms with Crippen LogP contribution in [0.1, 0.15) is 23.9 Å². The first-order valence-corrected chi connectivity index (χ1v) is 6.74. The molecule has 0 bridgehead atoms. The lowest BCUT2D eigenvalue weighted by atomic mass is 10.2. The number of nitrogens with zero attached hydrogens (tertiary/aromatic N) is 3. The fourth-order valence-electron chi connectivity index (χ4n) is 1.87. The zero-order valence-corrected chi connectivity index (χ0v) is 12.4. The maximum Gasteiger partial charge on any atom is 0.107 e. The molecule has 0 fully saturated rings. The third-order valence-corrected chi connectivity index (χ3v) is 3.38. The van der Waals surface area contributed by atoms with Gasteiger partial charge in [0.2, 0.25) is 0 Å². The Hall–Kier alpha value is -1.42. The molecule has 0 atom stereocenters. The Morgan fingerprint density at radius 2 is 1.94 bits per heavy atom. The molecule has 1 heterocycles. The van der Waals surface area contributed by atoms with Crippen molar-refractivity contribution in [2.45, 2.75) is 27.3 Å². The van der Waals surface area contributed by atoms with Crippen LogP contribution in [0.4, 0.5) is 5.69 Å². The van der Waals surface area contributed by atoms with Crippen molar-refractivity contribution in [3.8, 4) is 0 Å². The summed E-state index contributed by atoms with van der Waals surface area (Å²) >= 11 is 3.42. The van der Waals surface area contributed by atoms with Gasteiger partial charge in [-0.2, -0.15) is 5.10 Å². The Balaban J connectivity index is 2.28. The molecular weight excluding hydrogens is 290 g/mol. The van der Waals surface area contributed by atoms with Crippen molar-refractivity contribution in [2.75, 3.05) is 0 Å². The summed E-state index contributed by atoms with van der Waals surface area (Å²) in [5, 5.41) is 4.45. The van der Waals surface area contributed by atoms with E-state index in [0.29, 0.717) is 0 Å². The highest BCUT2D eigenvalue weighted by Crippen LogP contribution is 2.22. The summed E-state index contributed by atoms with van der Waals surface area (Å²) in [6.07, 6.45) is 1.88. The fourth-order valence-corrected chi connectivity index (χ4v) is 2.13. The van der Waals surface area contributed by atoms with Crippen LogP contribution in [-0.2, 0) is 6.54 Å². The number of benzene rings is 1. The van der Waals surface area contributed by atoms with Gasteiger partial charge in [-0.05, 0) is 38.5 Å². The molecular formula is C14H16BrN3. The maximum atomic E-state index is 4.55. The molecule has 1 aromatic carbocycles. The van der Waals surface area contributed by atoms with E-state index < -0.39 is 0 Å². The normalized spacial score (nSPS) is 11.3. The highest BCUT2D eigenvalue weighted by atomic mass is 79.9. The minimum Gasteiger partial charge on any atom is -0.268 e. The molecule has 0 saturated carbocycles. The van der Waals surface area contributed by atoms with Gasteiger partial charge in [0, 0.05) is 17.2 Å².